The third-order valence-corrected chi connectivity index (χ3v) is 3.61. The van der Waals surface area contributed by atoms with Gasteiger partial charge in [-0.15, -0.1) is 11.6 Å². The fourth-order valence-corrected chi connectivity index (χ4v) is 2.32. The van der Waals surface area contributed by atoms with Gasteiger partial charge in [0.2, 0.25) is 0 Å². The Bertz CT molecular complexity index is 384. The molecule has 0 amide bonds. The maximum atomic E-state index is 5.84. The van der Waals surface area contributed by atoms with Crippen molar-refractivity contribution in [1.29, 1.82) is 0 Å². The van der Waals surface area contributed by atoms with Crippen molar-refractivity contribution in [2.75, 3.05) is 19.1 Å². The van der Waals surface area contributed by atoms with Gasteiger partial charge in [-0.3, -0.25) is 0 Å². The van der Waals surface area contributed by atoms with Crippen LogP contribution in [0.3, 0.4) is 0 Å². The fourth-order valence-electron chi connectivity index (χ4n) is 2.19. The molecule has 1 aromatic carbocycles. The Morgan fingerprint density at radius 2 is 1.88 bits per heavy atom. The highest BCUT2D eigenvalue weighted by atomic mass is 35.5. The monoisotopic (exact) mass is 254 g/mol. The predicted molar refractivity (Wildman–Crippen MR) is 69.5 cm³/mol. The van der Waals surface area contributed by atoms with Gasteiger partial charge in [0.15, 0.2) is 5.79 Å². The molecule has 1 fully saturated rings. The van der Waals surface area contributed by atoms with Crippen LogP contribution in [0.1, 0.15) is 29.5 Å². The standard InChI is InChI=1S/C14H19ClO2/c1-11-4-5-13(10-12(11)2)14(6-3-7-15)16-8-9-17-14/h4-5,10H,3,6-9H2,1-2H3. The van der Waals surface area contributed by atoms with Gasteiger partial charge in [-0.2, -0.15) is 0 Å². The van der Waals surface area contributed by atoms with Crippen molar-refractivity contribution >= 4 is 11.6 Å². The summed E-state index contributed by atoms with van der Waals surface area (Å²) < 4.78 is 11.7. The van der Waals surface area contributed by atoms with Crippen molar-refractivity contribution in [3.05, 3.63) is 34.9 Å². The summed E-state index contributed by atoms with van der Waals surface area (Å²) in [4.78, 5) is 0. The van der Waals surface area contributed by atoms with Crippen LogP contribution in [-0.4, -0.2) is 19.1 Å². The van der Waals surface area contributed by atoms with Gasteiger partial charge in [-0.05, 0) is 31.4 Å². The van der Waals surface area contributed by atoms with Gasteiger partial charge >= 0.3 is 0 Å². The second-order valence-corrected chi connectivity index (χ2v) is 4.92. The lowest BCUT2D eigenvalue weighted by atomic mass is 9.97. The SMILES string of the molecule is Cc1ccc(C2(CCCCl)OCCO2)cc1C. The lowest BCUT2D eigenvalue weighted by molar-refractivity contribution is -0.170. The Labute approximate surface area is 108 Å². The predicted octanol–water partition coefficient (Wildman–Crippen LogP) is 3.52. The Balaban J connectivity index is 2.28. The highest BCUT2D eigenvalue weighted by Crippen LogP contribution is 2.36. The maximum Gasteiger partial charge on any atom is 0.195 e. The average Bonchev–Trinajstić information content (AvgIpc) is 2.80. The largest absolute Gasteiger partial charge is 0.343 e. The minimum Gasteiger partial charge on any atom is -0.343 e. The summed E-state index contributed by atoms with van der Waals surface area (Å²) in [7, 11) is 0. The van der Waals surface area contributed by atoms with Gasteiger partial charge in [-0.1, -0.05) is 18.2 Å². The van der Waals surface area contributed by atoms with E-state index in [9.17, 15) is 0 Å². The van der Waals surface area contributed by atoms with E-state index in [0.29, 0.717) is 19.1 Å². The van der Waals surface area contributed by atoms with Crippen LogP contribution >= 0.6 is 11.6 Å². The number of hydrogen-bond donors (Lipinski definition) is 0. The van der Waals surface area contributed by atoms with E-state index in [-0.39, 0.29) is 0 Å². The first-order chi connectivity index (χ1) is 8.18. The molecule has 0 spiro atoms. The van der Waals surface area contributed by atoms with Crippen molar-refractivity contribution in [3.8, 4) is 0 Å². The number of aryl methyl sites for hydroxylation is 2. The van der Waals surface area contributed by atoms with Crippen LogP contribution in [0, 0.1) is 13.8 Å². The molecular formula is C14H19ClO2. The van der Waals surface area contributed by atoms with Gasteiger partial charge in [-0.25, -0.2) is 0 Å². The maximum absolute atomic E-state index is 5.84. The molecule has 0 atom stereocenters. The molecule has 3 heteroatoms. The normalized spacial score (nSPS) is 18.5. The fraction of sp³-hybridized carbons (Fsp3) is 0.571. The molecule has 0 aliphatic carbocycles. The van der Waals surface area contributed by atoms with E-state index in [1.807, 2.05) is 0 Å². The number of benzene rings is 1. The molecule has 0 aromatic heterocycles. The van der Waals surface area contributed by atoms with E-state index in [1.54, 1.807) is 0 Å². The van der Waals surface area contributed by atoms with E-state index >= 15 is 0 Å². The molecule has 1 aliphatic heterocycles. The van der Waals surface area contributed by atoms with E-state index in [1.165, 1.54) is 11.1 Å². The summed E-state index contributed by atoms with van der Waals surface area (Å²) in [6.07, 6.45) is 1.72. The first-order valence-corrected chi connectivity index (χ1v) is 6.63. The quantitative estimate of drug-likeness (QED) is 0.766. The van der Waals surface area contributed by atoms with Gasteiger partial charge in [0.25, 0.3) is 0 Å². The zero-order valence-corrected chi connectivity index (χ0v) is 11.2. The van der Waals surface area contributed by atoms with Crippen LogP contribution in [0.25, 0.3) is 0 Å². The van der Waals surface area contributed by atoms with Crippen LogP contribution in [0.4, 0.5) is 0 Å². The highest BCUT2D eigenvalue weighted by molar-refractivity contribution is 6.17. The van der Waals surface area contributed by atoms with E-state index in [2.05, 4.69) is 32.0 Å². The van der Waals surface area contributed by atoms with Crippen molar-refractivity contribution in [1.82, 2.24) is 0 Å². The van der Waals surface area contributed by atoms with Crippen molar-refractivity contribution in [3.63, 3.8) is 0 Å². The Morgan fingerprint density at radius 1 is 1.18 bits per heavy atom. The summed E-state index contributed by atoms with van der Waals surface area (Å²) >= 11 is 5.77. The van der Waals surface area contributed by atoms with E-state index < -0.39 is 5.79 Å². The molecule has 2 nitrogen and oxygen atoms in total. The molecule has 1 aromatic rings. The molecular weight excluding hydrogens is 236 g/mol. The molecule has 0 saturated carbocycles. The molecule has 0 bridgehead atoms. The smallest absolute Gasteiger partial charge is 0.195 e. The van der Waals surface area contributed by atoms with Crippen molar-refractivity contribution in [2.45, 2.75) is 32.5 Å². The lowest BCUT2D eigenvalue weighted by Gasteiger charge is -2.28. The van der Waals surface area contributed by atoms with Crippen LogP contribution < -0.4 is 0 Å². The second kappa shape index (κ2) is 5.38. The van der Waals surface area contributed by atoms with Crippen molar-refractivity contribution in [2.24, 2.45) is 0 Å². The molecule has 0 unspecified atom stereocenters. The summed E-state index contributed by atoms with van der Waals surface area (Å²) in [6, 6.07) is 6.38. The van der Waals surface area contributed by atoms with Gasteiger partial charge in [0.1, 0.15) is 0 Å². The molecule has 1 heterocycles. The van der Waals surface area contributed by atoms with Crippen LogP contribution in [-0.2, 0) is 15.3 Å². The molecule has 0 radical (unpaired) electrons. The van der Waals surface area contributed by atoms with Crippen LogP contribution in [0.2, 0.25) is 0 Å². The first-order valence-electron chi connectivity index (χ1n) is 6.09. The minimum absolute atomic E-state index is 0.562. The zero-order valence-electron chi connectivity index (χ0n) is 10.5. The summed E-state index contributed by atoms with van der Waals surface area (Å²) in [6.45, 7) is 5.55. The van der Waals surface area contributed by atoms with Gasteiger partial charge in [0, 0.05) is 17.9 Å². The number of alkyl halides is 1. The van der Waals surface area contributed by atoms with Crippen LogP contribution in [0.15, 0.2) is 18.2 Å². The molecule has 1 saturated heterocycles. The molecule has 2 rings (SSSR count). The molecule has 94 valence electrons. The highest BCUT2D eigenvalue weighted by Gasteiger charge is 2.37. The Hall–Kier alpha value is -0.570. The summed E-state index contributed by atoms with van der Waals surface area (Å²) in [5.74, 6) is 0.0761. The van der Waals surface area contributed by atoms with Crippen LogP contribution in [0.5, 0.6) is 0 Å². The topological polar surface area (TPSA) is 18.5 Å². The number of ether oxygens (including phenoxy) is 2. The molecule has 1 aliphatic rings. The second-order valence-electron chi connectivity index (χ2n) is 4.54. The third kappa shape index (κ3) is 2.65. The van der Waals surface area contributed by atoms with E-state index in [4.69, 9.17) is 21.1 Å². The third-order valence-electron chi connectivity index (χ3n) is 3.34. The lowest BCUT2D eigenvalue weighted by Crippen LogP contribution is -2.27. The van der Waals surface area contributed by atoms with Crippen molar-refractivity contribution < 1.29 is 9.47 Å². The average molecular weight is 255 g/mol. The summed E-state index contributed by atoms with van der Waals surface area (Å²) in [5.41, 5.74) is 3.68. The minimum atomic E-state index is -0.562. The van der Waals surface area contributed by atoms with E-state index in [0.717, 1.165) is 18.4 Å². The Kier molecular flexibility index (Phi) is 4.08. The first kappa shape index (κ1) is 12.9. The number of halogens is 1. The van der Waals surface area contributed by atoms with Gasteiger partial charge in [0.05, 0.1) is 13.2 Å². The Morgan fingerprint density at radius 3 is 2.47 bits per heavy atom. The molecule has 17 heavy (non-hydrogen) atoms. The summed E-state index contributed by atoms with van der Waals surface area (Å²) in [5, 5.41) is 0. The zero-order chi connectivity index (χ0) is 12.3. The number of hydrogen-bond acceptors (Lipinski definition) is 2. The van der Waals surface area contributed by atoms with Gasteiger partial charge < -0.3 is 9.47 Å². The molecule has 0 N–H and O–H groups in total. The number of rotatable bonds is 4.